The van der Waals surface area contributed by atoms with Crippen LogP contribution in [0, 0.1) is 0 Å². The summed E-state index contributed by atoms with van der Waals surface area (Å²) >= 11 is 3.36. The quantitative estimate of drug-likeness (QED) is 0.212. The summed E-state index contributed by atoms with van der Waals surface area (Å²) in [4.78, 5) is 25.9. The minimum absolute atomic E-state index is 0.0681. The second-order valence-electron chi connectivity index (χ2n) is 6.80. The zero-order valence-corrected chi connectivity index (χ0v) is 16.6. The molecule has 0 aliphatic carbocycles. The fourth-order valence-electron chi connectivity index (χ4n) is 3.61. The van der Waals surface area contributed by atoms with Crippen molar-refractivity contribution in [3.8, 4) is 5.75 Å². The summed E-state index contributed by atoms with van der Waals surface area (Å²) in [6, 6.07) is 21.0. The third-order valence-electron chi connectivity index (χ3n) is 4.99. The van der Waals surface area contributed by atoms with E-state index < -0.39 is 0 Å². The first-order chi connectivity index (χ1) is 14.0. The van der Waals surface area contributed by atoms with Gasteiger partial charge in [-0.1, -0.05) is 58.4 Å². The Morgan fingerprint density at radius 2 is 1.69 bits per heavy atom. The molecule has 0 fully saturated rings. The molecule has 4 nitrogen and oxygen atoms in total. The summed E-state index contributed by atoms with van der Waals surface area (Å²) in [5.74, 6) is -0.547. The maximum absolute atomic E-state index is 13.0. The molecule has 5 aromatic rings. The fourth-order valence-corrected chi connectivity index (χ4v) is 4.01. The lowest BCUT2D eigenvalue weighted by atomic mass is 10.00. The zero-order chi connectivity index (χ0) is 20.1. The predicted molar refractivity (Wildman–Crippen MR) is 117 cm³/mol. The predicted octanol–water partition coefficient (Wildman–Crippen LogP) is 5.80. The van der Waals surface area contributed by atoms with Gasteiger partial charge in [-0.15, -0.1) is 0 Å². The van der Waals surface area contributed by atoms with E-state index in [0.29, 0.717) is 16.5 Å². The number of ketones is 1. The molecule has 0 unspecified atom stereocenters. The maximum atomic E-state index is 13.0. The van der Waals surface area contributed by atoms with E-state index in [-0.39, 0.29) is 33.5 Å². The molecule has 1 heterocycles. The smallest absolute Gasteiger partial charge is 0.204 e. The molecule has 0 spiro atoms. The molecule has 0 atom stereocenters. The van der Waals surface area contributed by atoms with Crippen LogP contribution in [0.4, 0.5) is 0 Å². The van der Waals surface area contributed by atoms with Gasteiger partial charge in [-0.3, -0.25) is 9.59 Å². The van der Waals surface area contributed by atoms with Crippen molar-refractivity contribution < 1.29 is 14.3 Å². The van der Waals surface area contributed by atoms with Crippen molar-refractivity contribution in [3.05, 3.63) is 98.6 Å². The molecule has 5 heteroatoms. The molecular weight excluding hydrogens is 432 g/mol. The van der Waals surface area contributed by atoms with Crippen molar-refractivity contribution in [2.75, 3.05) is 0 Å². The average Bonchev–Trinajstić information content (AvgIpc) is 2.72. The number of fused-ring (bicyclic) bond motifs is 4. The molecule has 0 radical (unpaired) electrons. The van der Waals surface area contributed by atoms with Gasteiger partial charge in [0.2, 0.25) is 5.43 Å². The molecule has 0 aliphatic rings. The lowest BCUT2D eigenvalue weighted by Crippen LogP contribution is -2.06. The number of benzene rings is 4. The monoisotopic (exact) mass is 444 g/mol. The van der Waals surface area contributed by atoms with Gasteiger partial charge in [0, 0.05) is 21.0 Å². The van der Waals surface area contributed by atoms with Crippen molar-refractivity contribution in [1.82, 2.24) is 0 Å². The highest BCUT2D eigenvalue weighted by molar-refractivity contribution is 9.10. The Labute approximate surface area is 173 Å². The highest BCUT2D eigenvalue weighted by Gasteiger charge is 2.18. The molecular formula is C24H13BrO4. The molecule has 0 aliphatic heterocycles. The Hall–Kier alpha value is -3.44. The van der Waals surface area contributed by atoms with Crippen LogP contribution in [0.25, 0.3) is 32.7 Å². The van der Waals surface area contributed by atoms with Crippen LogP contribution in [0.1, 0.15) is 15.9 Å². The van der Waals surface area contributed by atoms with Crippen LogP contribution in [0.3, 0.4) is 0 Å². The fraction of sp³-hybridized carbons (Fsp3) is 0. The van der Waals surface area contributed by atoms with Gasteiger partial charge in [-0.25, -0.2) is 0 Å². The van der Waals surface area contributed by atoms with Crippen LogP contribution in [-0.2, 0) is 0 Å². The van der Waals surface area contributed by atoms with E-state index >= 15 is 0 Å². The number of carbonyl (C=O) groups is 1. The molecule has 1 N–H and O–H groups in total. The number of halogens is 1. The summed E-state index contributed by atoms with van der Waals surface area (Å²) in [5.41, 5.74) is 0.998. The van der Waals surface area contributed by atoms with E-state index in [9.17, 15) is 14.7 Å². The maximum Gasteiger partial charge on any atom is 0.204 e. The number of carbonyl (C=O) groups excluding carboxylic acids is 1. The van der Waals surface area contributed by atoms with E-state index in [1.807, 2.05) is 36.4 Å². The topological polar surface area (TPSA) is 67.5 Å². The summed E-state index contributed by atoms with van der Waals surface area (Å²) in [5, 5.41) is 12.7. The molecule has 0 bridgehead atoms. The van der Waals surface area contributed by atoms with E-state index in [1.54, 1.807) is 24.3 Å². The van der Waals surface area contributed by atoms with E-state index in [4.69, 9.17) is 4.42 Å². The second kappa shape index (κ2) is 6.57. The number of phenolic OH excluding ortho intramolecular Hbond substituents is 1. The zero-order valence-electron chi connectivity index (χ0n) is 15.0. The van der Waals surface area contributed by atoms with E-state index in [1.165, 1.54) is 12.1 Å². The minimum Gasteiger partial charge on any atom is -0.507 e. The molecule has 5 rings (SSSR count). The van der Waals surface area contributed by atoms with Gasteiger partial charge in [0.05, 0.1) is 5.39 Å². The Bertz CT molecular complexity index is 1520. The Balaban J connectivity index is 1.81. The van der Waals surface area contributed by atoms with Crippen molar-refractivity contribution in [2.24, 2.45) is 0 Å². The number of rotatable bonds is 2. The van der Waals surface area contributed by atoms with Crippen molar-refractivity contribution in [3.63, 3.8) is 0 Å². The van der Waals surface area contributed by atoms with Gasteiger partial charge in [0.1, 0.15) is 22.3 Å². The highest BCUT2D eigenvalue weighted by Crippen LogP contribution is 2.31. The van der Waals surface area contributed by atoms with Gasteiger partial charge >= 0.3 is 0 Å². The van der Waals surface area contributed by atoms with Gasteiger partial charge in [0.25, 0.3) is 0 Å². The molecule has 140 valence electrons. The summed E-state index contributed by atoms with van der Waals surface area (Å²) in [7, 11) is 0. The minimum atomic E-state index is -0.328. The van der Waals surface area contributed by atoms with E-state index in [2.05, 4.69) is 15.9 Å². The Morgan fingerprint density at radius 1 is 0.862 bits per heavy atom. The van der Waals surface area contributed by atoms with Gasteiger partial charge in [-0.05, 0) is 35.7 Å². The molecule has 0 saturated heterocycles. The SMILES string of the molecule is O=C(c1cccc(Br)c1)c1cc(O)c2c(=O)c3ccc4ccccc4c3oc2c1. The van der Waals surface area contributed by atoms with Crippen molar-refractivity contribution in [2.45, 2.75) is 0 Å². The van der Waals surface area contributed by atoms with Gasteiger partial charge in [0.15, 0.2) is 5.78 Å². The van der Waals surface area contributed by atoms with Gasteiger partial charge < -0.3 is 9.52 Å². The van der Waals surface area contributed by atoms with Crippen LogP contribution in [0.15, 0.2) is 86.5 Å². The number of hydrogen-bond donors (Lipinski definition) is 1. The second-order valence-corrected chi connectivity index (χ2v) is 7.72. The average molecular weight is 445 g/mol. The van der Waals surface area contributed by atoms with E-state index in [0.717, 1.165) is 15.2 Å². The molecule has 4 aromatic carbocycles. The number of phenols is 1. The van der Waals surface area contributed by atoms with Crippen LogP contribution < -0.4 is 5.43 Å². The summed E-state index contributed by atoms with van der Waals surface area (Å²) < 4.78 is 6.83. The lowest BCUT2D eigenvalue weighted by molar-refractivity contribution is 0.103. The van der Waals surface area contributed by atoms with Crippen molar-refractivity contribution >= 4 is 54.4 Å². The first kappa shape index (κ1) is 17.6. The Morgan fingerprint density at radius 3 is 2.52 bits per heavy atom. The molecule has 1 aromatic heterocycles. The molecule has 29 heavy (non-hydrogen) atoms. The standard InChI is InChI=1S/C24H13BrO4/c25-16-6-3-5-14(10-16)22(27)15-11-19(26)21-20(12-15)29-24-17-7-2-1-4-13(17)8-9-18(24)23(21)28/h1-12,26H. The Kier molecular flexibility index (Phi) is 4.00. The summed E-state index contributed by atoms with van der Waals surface area (Å²) in [6.45, 7) is 0. The first-order valence-electron chi connectivity index (χ1n) is 8.94. The number of hydrogen-bond acceptors (Lipinski definition) is 4. The van der Waals surface area contributed by atoms with Crippen LogP contribution >= 0.6 is 15.9 Å². The van der Waals surface area contributed by atoms with Crippen LogP contribution in [0.2, 0.25) is 0 Å². The third kappa shape index (κ3) is 2.82. The first-order valence-corrected chi connectivity index (χ1v) is 9.74. The molecule has 0 saturated carbocycles. The van der Waals surface area contributed by atoms with Crippen LogP contribution in [0.5, 0.6) is 5.75 Å². The number of aromatic hydroxyl groups is 1. The summed E-state index contributed by atoms with van der Waals surface area (Å²) in [6.07, 6.45) is 0. The highest BCUT2D eigenvalue weighted by atomic mass is 79.9. The molecule has 0 amide bonds. The van der Waals surface area contributed by atoms with Crippen molar-refractivity contribution in [1.29, 1.82) is 0 Å². The normalized spacial score (nSPS) is 11.3. The van der Waals surface area contributed by atoms with Gasteiger partial charge in [-0.2, -0.15) is 0 Å². The lowest BCUT2D eigenvalue weighted by Gasteiger charge is -2.08. The third-order valence-corrected chi connectivity index (χ3v) is 5.49. The van der Waals surface area contributed by atoms with Crippen LogP contribution in [-0.4, -0.2) is 10.9 Å². The largest absolute Gasteiger partial charge is 0.507 e.